The van der Waals surface area contributed by atoms with E-state index in [0.717, 1.165) is 12.8 Å². The molecule has 0 N–H and O–H groups in total. The topological polar surface area (TPSA) is 43.2 Å². The summed E-state index contributed by atoms with van der Waals surface area (Å²) in [5.74, 6) is 1.73. The molecule has 0 aromatic heterocycles. The fourth-order valence-electron chi connectivity index (χ4n) is 2.61. The summed E-state index contributed by atoms with van der Waals surface area (Å²) in [6, 6.07) is -0.0804. The van der Waals surface area contributed by atoms with Gasteiger partial charge < -0.3 is 9.47 Å². The van der Waals surface area contributed by atoms with Gasteiger partial charge in [-0.15, -0.1) is 13.2 Å². The number of hydrogen-bond donors (Lipinski definition) is 0. The maximum absolute atomic E-state index is 5.86. The van der Waals surface area contributed by atoms with Gasteiger partial charge >= 0.3 is 0 Å². The van der Waals surface area contributed by atoms with Crippen molar-refractivity contribution in [2.24, 2.45) is 15.9 Å². The van der Waals surface area contributed by atoms with Crippen molar-refractivity contribution in [3.63, 3.8) is 0 Å². The number of nitrogens with zero attached hydrogens (tertiary/aromatic N) is 2. The lowest BCUT2D eigenvalue weighted by Crippen LogP contribution is -2.47. The van der Waals surface area contributed by atoms with E-state index in [1.54, 1.807) is 0 Å². The fraction of sp³-hybridized carbons (Fsp3) is 0.667. The average Bonchev–Trinajstić information content (AvgIpc) is 2.48. The van der Waals surface area contributed by atoms with Crippen LogP contribution < -0.4 is 0 Å². The van der Waals surface area contributed by atoms with Gasteiger partial charge in [-0.05, 0) is 39.0 Å². The molecule has 2 atom stereocenters. The molecule has 22 heavy (non-hydrogen) atoms. The van der Waals surface area contributed by atoms with Gasteiger partial charge in [0.15, 0.2) is 0 Å². The molecule has 1 unspecified atom stereocenters. The van der Waals surface area contributed by atoms with Crippen LogP contribution in [0.25, 0.3) is 0 Å². The van der Waals surface area contributed by atoms with Crippen LogP contribution in [0.4, 0.5) is 0 Å². The first-order valence-corrected chi connectivity index (χ1v) is 8.20. The summed E-state index contributed by atoms with van der Waals surface area (Å²) in [5, 5.41) is 0. The van der Waals surface area contributed by atoms with Gasteiger partial charge in [0.25, 0.3) is 0 Å². The van der Waals surface area contributed by atoms with Crippen LogP contribution in [0.1, 0.15) is 47.0 Å². The first-order chi connectivity index (χ1) is 10.5. The molecule has 0 saturated heterocycles. The third kappa shape index (κ3) is 4.21. The predicted molar refractivity (Wildman–Crippen MR) is 93.7 cm³/mol. The zero-order valence-electron chi connectivity index (χ0n) is 14.5. The predicted octanol–water partition coefficient (Wildman–Crippen LogP) is 4.18. The van der Waals surface area contributed by atoms with Gasteiger partial charge in [0, 0.05) is 0 Å². The number of hydrogen-bond acceptors (Lipinski definition) is 4. The van der Waals surface area contributed by atoms with Crippen LogP contribution in [0.2, 0.25) is 0 Å². The molecular formula is C18H30N2O2. The van der Waals surface area contributed by atoms with Gasteiger partial charge in [-0.2, -0.15) is 0 Å². The summed E-state index contributed by atoms with van der Waals surface area (Å²) in [7, 11) is 0. The monoisotopic (exact) mass is 306 g/mol. The highest BCUT2D eigenvalue weighted by Crippen LogP contribution is 2.32. The van der Waals surface area contributed by atoms with Gasteiger partial charge in [0.1, 0.15) is 11.6 Å². The average molecular weight is 306 g/mol. The number of ether oxygens (including phenoxy) is 2. The van der Waals surface area contributed by atoms with E-state index in [9.17, 15) is 0 Å². The van der Waals surface area contributed by atoms with Crippen LogP contribution >= 0.6 is 0 Å². The minimum absolute atomic E-state index is 0.0804. The van der Waals surface area contributed by atoms with Crippen molar-refractivity contribution in [3.8, 4) is 0 Å². The van der Waals surface area contributed by atoms with Crippen LogP contribution in [0.5, 0.6) is 0 Å². The molecule has 0 aliphatic carbocycles. The van der Waals surface area contributed by atoms with Crippen molar-refractivity contribution in [2.75, 3.05) is 13.2 Å². The van der Waals surface area contributed by atoms with E-state index in [4.69, 9.17) is 19.5 Å². The van der Waals surface area contributed by atoms with Crippen LogP contribution in [-0.2, 0) is 9.47 Å². The summed E-state index contributed by atoms with van der Waals surface area (Å²) in [4.78, 5) is 9.81. The molecule has 0 radical (unpaired) electrons. The summed E-state index contributed by atoms with van der Waals surface area (Å²) < 4.78 is 11.7. The van der Waals surface area contributed by atoms with Crippen LogP contribution in [-0.4, -0.2) is 36.6 Å². The second-order valence-electron chi connectivity index (χ2n) is 5.79. The number of allylic oxidation sites excluding steroid dienone is 1. The normalized spacial score (nSPS) is 24.5. The van der Waals surface area contributed by atoms with Gasteiger partial charge in [-0.3, -0.25) is 0 Å². The fourth-order valence-corrected chi connectivity index (χ4v) is 2.61. The molecule has 1 heterocycles. The molecule has 4 nitrogen and oxygen atoms in total. The third-order valence-electron chi connectivity index (χ3n) is 3.68. The van der Waals surface area contributed by atoms with E-state index in [1.807, 2.05) is 26.0 Å². The molecule has 0 saturated carbocycles. The lowest BCUT2D eigenvalue weighted by Gasteiger charge is -2.36. The zero-order valence-corrected chi connectivity index (χ0v) is 14.5. The summed E-state index contributed by atoms with van der Waals surface area (Å²) in [6.07, 6.45) is 6.10. The molecule has 0 fully saturated rings. The van der Waals surface area contributed by atoms with E-state index in [-0.39, 0.29) is 6.04 Å². The number of rotatable bonds is 8. The Kier molecular flexibility index (Phi) is 7.36. The Balaban J connectivity index is 3.29. The first kappa shape index (κ1) is 18.5. The van der Waals surface area contributed by atoms with Gasteiger partial charge in [-0.1, -0.05) is 26.0 Å². The first-order valence-electron chi connectivity index (χ1n) is 8.20. The lowest BCUT2D eigenvalue weighted by molar-refractivity contribution is 0.251. The van der Waals surface area contributed by atoms with Crippen LogP contribution in [0, 0.1) is 5.92 Å². The molecule has 0 amide bonds. The van der Waals surface area contributed by atoms with Gasteiger partial charge in [-0.25, -0.2) is 9.98 Å². The maximum atomic E-state index is 5.86. The van der Waals surface area contributed by atoms with Gasteiger partial charge in [0.05, 0.1) is 13.2 Å². The molecule has 0 spiro atoms. The highest BCUT2D eigenvalue weighted by atomic mass is 16.5. The molecule has 4 heteroatoms. The van der Waals surface area contributed by atoms with Gasteiger partial charge in [0.2, 0.25) is 11.8 Å². The standard InChI is InChI=1S/C18H30N2O2/c1-7-11-13-18(12-8-2)17(22-10-4)19-15(14(5)6)16(20-18)21-9-3/h7-8,14-15H,1-2,9-13H2,3-6H3/t15-,18?/m1/s1. The van der Waals surface area contributed by atoms with Crippen LogP contribution in [0.15, 0.2) is 35.3 Å². The Labute approximate surface area is 135 Å². The quantitative estimate of drug-likeness (QED) is 0.631. The minimum Gasteiger partial charge on any atom is -0.480 e. The SMILES string of the molecule is C=CCCC1(CC=C)N=C(OCC)[C@@H](C(C)C)N=C1OCC. The third-order valence-corrected chi connectivity index (χ3v) is 3.68. The molecule has 1 aliphatic rings. The Hall–Kier alpha value is -1.58. The van der Waals surface area contributed by atoms with Crippen LogP contribution in [0.3, 0.4) is 0 Å². The van der Waals surface area contributed by atoms with Crippen molar-refractivity contribution >= 4 is 11.8 Å². The van der Waals surface area contributed by atoms with E-state index in [1.165, 1.54) is 0 Å². The largest absolute Gasteiger partial charge is 0.480 e. The summed E-state index contributed by atoms with van der Waals surface area (Å²) >= 11 is 0. The number of aliphatic imine (C=N–C) groups is 2. The van der Waals surface area contributed by atoms with E-state index in [2.05, 4.69) is 27.0 Å². The second kappa shape index (κ2) is 8.76. The molecular weight excluding hydrogens is 276 g/mol. The second-order valence-corrected chi connectivity index (χ2v) is 5.79. The Morgan fingerprint density at radius 1 is 1.18 bits per heavy atom. The van der Waals surface area contributed by atoms with E-state index >= 15 is 0 Å². The summed E-state index contributed by atoms with van der Waals surface area (Å²) in [5.41, 5.74) is -0.512. The molecule has 0 bridgehead atoms. The van der Waals surface area contributed by atoms with Crippen molar-refractivity contribution in [1.82, 2.24) is 0 Å². The minimum atomic E-state index is -0.512. The smallest absolute Gasteiger partial charge is 0.213 e. The maximum Gasteiger partial charge on any atom is 0.213 e. The highest BCUT2D eigenvalue weighted by Gasteiger charge is 2.42. The molecule has 0 aromatic rings. The van der Waals surface area contributed by atoms with Crippen molar-refractivity contribution in [2.45, 2.75) is 58.5 Å². The van der Waals surface area contributed by atoms with Crippen molar-refractivity contribution in [3.05, 3.63) is 25.3 Å². The molecule has 1 aliphatic heterocycles. The Morgan fingerprint density at radius 2 is 1.86 bits per heavy atom. The Morgan fingerprint density at radius 3 is 2.36 bits per heavy atom. The molecule has 124 valence electrons. The van der Waals surface area contributed by atoms with Crippen molar-refractivity contribution in [1.29, 1.82) is 0 Å². The van der Waals surface area contributed by atoms with E-state index < -0.39 is 5.54 Å². The Bertz CT molecular complexity index is 440. The molecule has 0 aromatic carbocycles. The van der Waals surface area contributed by atoms with Crippen molar-refractivity contribution < 1.29 is 9.47 Å². The lowest BCUT2D eigenvalue weighted by atomic mass is 9.87. The highest BCUT2D eigenvalue weighted by molar-refractivity contribution is 5.97. The zero-order chi connectivity index (χ0) is 16.6. The summed E-state index contributed by atoms with van der Waals surface area (Å²) in [6.45, 7) is 17.1. The van der Waals surface area contributed by atoms with E-state index in [0.29, 0.717) is 37.3 Å². The molecule has 1 rings (SSSR count).